The number of hydrogen-bond acceptors (Lipinski definition) is 6. The van der Waals surface area contributed by atoms with E-state index in [2.05, 4.69) is 4.98 Å². The Kier molecular flexibility index (Phi) is 4.71. The standard InChI is InChI=1S/C18H18N4O4S/c1-20-13-5-3-2-4-12(13)19-15(20)10-14-17(24)22(18(25)27-14)11-16(23)21-6-8-26-9-7-21/h2-5,10H,6-9,11H2,1H3/b14-10-. The van der Waals surface area contributed by atoms with Gasteiger partial charge in [-0.25, -0.2) is 4.98 Å². The first kappa shape index (κ1) is 17.7. The third-order valence-electron chi connectivity index (χ3n) is 4.61. The number of fused-ring (bicyclic) bond motifs is 1. The van der Waals surface area contributed by atoms with Crippen LogP contribution in [0, 0.1) is 0 Å². The van der Waals surface area contributed by atoms with Crippen LogP contribution in [-0.2, 0) is 21.4 Å². The topological polar surface area (TPSA) is 84.7 Å². The average Bonchev–Trinajstić information content (AvgIpc) is 3.14. The molecular formula is C18H18N4O4S. The fourth-order valence-electron chi connectivity index (χ4n) is 3.09. The van der Waals surface area contributed by atoms with Crippen molar-refractivity contribution in [2.24, 2.45) is 7.05 Å². The van der Waals surface area contributed by atoms with Gasteiger partial charge in [0.25, 0.3) is 11.1 Å². The molecule has 0 radical (unpaired) electrons. The Labute approximate surface area is 159 Å². The van der Waals surface area contributed by atoms with Gasteiger partial charge in [0.2, 0.25) is 5.91 Å². The lowest BCUT2D eigenvalue weighted by atomic mass is 10.3. The second-order valence-electron chi connectivity index (χ2n) is 6.28. The van der Waals surface area contributed by atoms with Gasteiger partial charge in [0, 0.05) is 26.2 Å². The first-order valence-electron chi connectivity index (χ1n) is 8.57. The van der Waals surface area contributed by atoms with Crippen LogP contribution in [-0.4, -0.2) is 69.3 Å². The third-order valence-corrected chi connectivity index (χ3v) is 5.52. The highest BCUT2D eigenvalue weighted by Gasteiger charge is 2.37. The number of para-hydroxylation sites is 2. The van der Waals surface area contributed by atoms with Crippen molar-refractivity contribution in [2.75, 3.05) is 32.8 Å². The number of nitrogens with zero attached hydrogens (tertiary/aromatic N) is 4. The Morgan fingerprint density at radius 1 is 1.26 bits per heavy atom. The molecule has 4 rings (SSSR count). The number of carbonyl (C=O) groups is 3. The molecule has 9 heteroatoms. The lowest BCUT2D eigenvalue weighted by Crippen LogP contribution is -2.46. The Morgan fingerprint density at radius 2 is 2.00 bits per heavy atom. The van der Waals surface area contributed by atoms with Gasteiger partial charge >= 0.3 is 0 Å². The third kappa shape index (κ3) is 3.35. The molecule has 0 saturated carbocycles. The van der Waals surface area contributed by atoms with Crippen LogP contribution in [0.1, 0.15) is 5.82 Å². The molecule has 2 aliphatic rings. The predicted octanol–water partition coefficient (Wildman–Crippen LogP) is 1.47. The van der Waals surface area contributed by atoms with Crippen LogP contribution in [0.15, 0.2) is 29.2 Å². The summed E-state index contributed by atoms with van der Waals surface area (Å²) in [6, 6.07) is 7.63. The van der Waals surface area contributed by atoms with Gasteiger partial charge in [0.15, 0.2) is 0 Å². The molecule has 0 spiro atoms. The van der Waals surface area contributed by atoms with E-state index < -0.39 is 11.1 Å². The van der Waals surface area contributed by atoms with E-state index in [0.29, 0.717) is 32.1 Å². The lowest BCUT2D eigenvalue weighted by molar-refractivity contribution is -0.139. The molecule has 2 saturated heterocycles. The van der Waals surface area contributed by atoms with Crippen molar-refractivity contribution < 1.29 is 19.1 Å². The summed E-state index contributed by atoms with van der Waals surface area (Å²) in [5.74, 6) is -0.121. The fraction of sp³-hybridized carbons (Fsp3) is 0.333. The second-order valence-corrected chi connectivity index (χ2v) is 7.27. The molecule has 140 valence electrons. The molecule has 27 heavy (non-hydrogen) atoms. The number of aromatic nitrogens is 2. The van der Waals surface area contributed by atoms with Crippen molar-refractivity contribution in [3.8, 4) is 0 Å². The smallest absolute Gasteiger partial charge is 0.294 e. The number of imide groups is 1. The maximum absolute atomic E-state index is 12.6. The zero-order chi connectivity index (χ0) is 19.0. The molecule has 8 nitrogen and oxygen atoms in total. The molecule has 0 N–H and O–H groups in total. The molecular weight excluding hydrogens is 368 g/mol. The quantitative estimate of drug-likeness (QED) is 0.743. The maximum Gasteiger partial charge on any atom is 0.294 e. The molecule has 3 heterocycles. The van der Waals surface area contributed by atoms with Crippen LogP contribution in [0.25, 0.3) is 17.1 Å². The van der Waals surface area contributed by atoms with Crippen molar-refractivity contribution in [3.63, 3.8) is 0 Å². The number of morpholine rings is 1. The molecule has 1 aromatic heterocycles. The van der Waals surface area contributed by atoms with Crippen LogP contribution in [0.2, 0.25) is 0 Å². The van der Waals surface area contributed by atoms with Crippen LogP contribution in [0.3, 0.4) is 0 Å². The van der Waals surface area contributed by atoms with E-state index >= 15 is 0 Å². The Hall–Kier alpha value is -2.65. The minimum atomic E-state index is -0.460. The number of imidazole rings is 1. The van der Waals surface area contributed by atoms with E-state index in [1.807, 2.05) is 35.9 Å². The zero-order valence-corrected chi connectivity index (χ0v) is 15.6. The molecule has 2 aliphatic heterocycles. The normalized spacial score (nSPS) is 19.5. The van der Waals surface area contributed by atoms with Crippen molar-refractivity contribution in [2.45, 2.75) is 0 Å². The van der Waals surface area contributed by atoms with Crippen molar-refractivity contribution in [1.82, 2.24) is 19.4 Å². The number of rotatable bonds is 3. The first-order valence-corrected chi connectivity index (χ1v) is 9.38. The number of thioether (sulfide) groups is 1. The van der Waals surface area contributed by atoms with Crippen LogP contribution >= 0.6 is 11.8 Å². The lowest BCUT2D eigenvalue weighted by Gasteiger charge is -2.27. The van der Waals surface area contributed by atoms with Crippen LogP contribution < -0.4 is 0 Å². The Morgan fingerprint density at radius 3 is 2.74 bits per heavy atom. The molecule has 0 aliphatic carbocycles. The monoisotopic (exact) mass is 386 g/mol. The minimum Gasteiger partial charge on any atom is -0.378 e. The number of ether oxygens (including phenoxy) is 1. The highest BCUT2D eigenvalue weighted by molar-refractivity contribution is 8.18. The zero-order valence-electron chi connectivity index (χ0n) is 14.8. The van der Waals surface area contributed by atoms with Crippen LogP contribution in [0.4, 0.5) is 4.79 Å². The summed E-state index contributed by atoms with van der Waals surface area (Å²) < 4.78 is 7.08. The number of benzene rings is 1. The number of carbonyl (C=O) groups excluding carboxylic acids is 3. The van der Waals surface area contributed by atoms with Gasteiger partial charge in [0.1, 0.15) is 12.4 Å². The molecule has 0 unspecified atom stereocenters. The van der Waals surface area contributed by atoms with Gasteiger partial charge in [-0.2, -0.15) is 0 Å². The molecule has 1 aromatic carbocycles. The van der Waals surface area contributed by atoms with Gasteiger partial charge in [0.05, 0.1) is 29.2 Å². The van der Waals surface area contributed by atoms with Crippen LogP contribution in [0.5, 0.6) is 0 Å². The molecule has 2 aromatic rings. The first-order chi connectivity index (χ1) is 13.0. The van der Waals surface area contributed by atoms with Gasteiger partial charge in [-0.3, -0.25) is 19.3 Å². The summed E-state index contributed by atoms with van der Waals surface area (Å²) >= 11 is 0.834. The highest BCUT2D eigenvalue weighted by atomic mass is 32.2. The van der Waals surface area contributed by atoms with Crippen molar-refractivity contribution in [1.29, 1.82) is 0 Å². The fourth-order valence-corrected chi connectivity index (χ4v) is 3.90. The summed E-state index contributed by atoms with van der Waals surface area (Å²) in [6.07, 6.45) is 1.60. The number of aryl methyl sites for hydroxylation is 1. The van der Waals surface area contributed by atoms with Crippen molar-refractivity contribution >= 4 is 45.9 Å². The molecule has 2 fully saturated rings. The minimum absolute atomic E-state index is 0.245. The Bertz CT molecular complexity index is 961. The SMILES string of the molecule is Cn1c(/C=C2\SC(=O)N(CC(=O)N3CCOCC3)C2=O)nc2ccccc21. The van der Waals surface area contributed by atoms with E-state index in [4.69, 9.17) is 4.74 Å². The van der Waals surface area contributed by atoms with E-state index in [1.54, 1.807) is 11.0 Å². The largest absolute Gasteiger partial charge is 0.378 e. The van der Waals surface area contributed by atoms with Gasteiger partial charge in [-0.05, 0) is 23.9 Å². The van der Waals surface area contributed by atoms with E-state index in [0.717, 1.165) is 27.7 Å². The second kappa shape index (κ2) is 7.16. The van der Waals surface area contributed by atoms with Gasteiger partial charge in [-0.1, -0.05) is 12.1 Å². The molecule has 0 atom stereocenters. The number of amides is 3. The van der Waals surface area contributed by atoms with Crippen molar-refractivity contribution in [3.05, 3.63) is 35.0 Å². The van der Waals surface area contributed by atoms with E-state index in [9.17, 15) is 14.4 Å². The molecule has 0 bridgehead atoms. The molecule has 3 amide bonds. The summed E-state index contributed by atoms with van der Waals surface area (Å²) in [4.78, 5) is 44.7. The average molecular weight is 386 g/mol. The summed E-state index contributed by atoms with van der Waals surface area (Å²) in [6.45, 7) is 1.65. The summed E-state index contributed by atoms with van der Waals surface area (Å²) in [7, 11) is 1.85. The van der Waals surface area contributed by atoms with Gasteiger partial charge < -0.3 is 14.2 Å². The highest BCUT2D eigenvalue weighted by Crippen LogP contribution is 2.32. The maximum atomic E-state index is 12.6. The summed E-state index contributed by atoms with van der Waals surface area (Å²) in [5, 5.41) is -0.438. The van der Waals surface area contributed by atoms with Gasteiger partial charge in [-0.15, -0.1) is 0 Å². The van der Waals surface area contributed by atoms with E-state index in [-0.39, 0.29) is 17.4 Å². The number of hydrogen-bond donors (Lipinski definition) is 0. The Balaban J connectivity index is 1.54. The van der Waals surface area contributed by atoms with E-state index in [1.165, 1.54) is 0 Å². The predicted molar refractivity (Wildman–Crippen MR) is 101 cm³/mol. The summed E-state index contributed by atoms with van der Waals surface area (Å²) in [5.41, 5.74) is 1.75.